The molecule has 6 heterocycles. The van der Waals surface area contributed by atoms with Crippen LogP contribution in [-0.2, 0) is 72.5 Å². The number of hydrogen-bond acceptors (Lipinski definition) is 31. The molecule has 125 heavy (non-hydrogen) atoms. The van der Waals surface area contributed by atoms with Crippen molar-refractivity contribution in [1.29, 1.82) is 0 Å². The highest BCUT2D eigenvalue weighted by molar-refractivity contribution is 7.90. The Hall–Kier alpha value is -11.4. The SMILES string of the molecule is C=C[C@@H]1C[C@]1(NC(=O)[C@@H]1C[C@@H](Oc2cc(-c3csc(NC(C)C)n3)nc3cc(OC)ccc23)CN1)C(=O)NS(=O)(=O)c1ccccc1NCCOCCOCCC(=O)O.C=C[C@@H]1C[C@]1(NC(=O)[C@@H]1C[C@@H](Oc2cc(-c3csc(NC(C)C)n3)nc3cc(OC)ccc23)CN1C(=O)OC(C)(C)C)C(=O)NS(=O)(=O)c1ccccc1NCCOCCOCCC(=O)O. The van der Waals surface area contributed by atoms with Crippen LogP contribution in [0.2, 0.25) is 0 Å². The Bertz CT molecular complexity index is 5460. The van der Waals surface area contributed by atoms with E-state index in [4.69, 9.17) is 72.8 Å². The van der Waals surface area contributed by atoms with E-state index < -0.39 is 115 Å². The third-order valence-electron chi connectivity index (χ3n) is 20.2. The maximum absolute atomic E-state index is 14.4. The van der Waals surface area contributed by atoms with Crippen LogP contribution in [0.15, 0.2) is 143 Å². The lowest BCUT2D eigenvalue weighted by atomic mass is 10.1. The van der Waals surface area contributed by atoms with Gasteiger partial charge < -0.3 is 90.1 Å². The molecule has 0 spiro atoms. The van der Waals surface area contributed by atoms with Crippen molar-refractivity contribution in [2.75, 3.05) is 115 Å². The van der Waals surface area contributed by atoms with Gasteiger partial charge in [-0.15, -0.1) is 35.8 Å². The van der Waals surface area contributed by atoms with Crippen molar-refractivity contribution in [1.82, 2.24) is 50.2 Å². The topological polar surface area (TPSA) is 474 Å². The number of benzene rings is 4. The molecule has 11 N–H and O–H groups in total. The summed E-state index contributed by atoms with van der Waals surface area (Å²) in [6.07, 6.45) is 1.33. The first-order chi connectivity index (χ1) is 59.6. The zero-order valence-corrected chi connectivity index (χ0v) is 74.0. The van der Waals surface area contributed by atoms with Gasteiger partial charge in [0.2, 0.25) is 11.8 Å². The molecule has 36 nitrogen and oxygen atoms in total. The van der Waals surface area contributed by atoms with Gasteiger partial charge in [-0.1, -0.05) is 36.4 Å². The first-order valence-corrected chi connectivity index (χ1v) is 45.3. The number of carboxylic acid groups (broad SMARTS) is 2. The molecule has 4 fully saturated rings. The average molecular weight is 1800 g/mol. The van der Waals surface area contributed by atoms with Gasteiger partial charge in [-0.05, 0) is 110 Å². The molecule has 0 unspecified atom stereocenters. The molecule has 2 aliphatic carbocycles. The van der Waals surface area contributed by atoms with Crippen LogP contribution in [0.4, 0.5) is 26.4 Å². The number of anilines is 4. The highest BCUT2D eigenvalue weighted by Crippen LogP contribution is 2.47. The van der Waals surface area contributed by atoms with Crippen LogP contribution in [0.1, 0.15) is 87.0 Å². The molecule has 8 aromatic rings. The number of para-hydroxylation sites is 2. The Morgan fingerprint density at radius 1 is 0.576 bits per heavy atom. The van der Waals surface area contributed by atoms with E-state index in [-0.39, 0.29) is 144 Å². The van der Waals surface area contributed by atoms with E-state index in [1.54, 1.807) is 71.4 Å². The summed E-state index contributed by atoms with van der Waals surface area (Å²) in [5.41, 5.74) is -0.0186. The fourth-order valence-electron chi connectivity index (χ4n) is 13.9. The number of hydrogen-bond donors (Lipinski definition) is 11. The number of aliphatic carboxylic acids is 2. The van der Waals surface area contributed by atoms with E-state index in [1.807, 2.05) is 68.8 Å². The number of ether oxygens (including phenoxy) is 9. The molecule has 40 heteroatoms. The number of thiazole rings is 2. The average Bonchev–Trinajstić information content (AvgIpc) is 1.58. The summed E-state index contributed by atoms with van der Waals surface area (Å²) in [7, 11) is -5.75. The molecule has 4 aromatic carbocycles. The number of amides is 5. The van der Waals surface area contributed by atoms with Gasteiger partial charge in [0.05, 0.1) is 126 Å². The van der Waals surface area contributed by atoms with Gasteiger partial charge in [-0.3, -0.25) is 33.7 Å². The van der Waals surface area contributed by atoms with Crippen molar-refractivity contribution >= 4 is 128 Å². The van der Waals surface area contributed by atoms with Crippen LogP contribution in [0, 0.1) is 11.8 Å². The number of aromatic nitrogens is 4. The van der Waals surface area contributed by atoms with Crippen molar-refractivity contribution < 1.29 is 103 Å². The third kappa shape index (κ3) is 25.0. The second-order valence-electron chi connectivity index (χ2n) is 31.5. The number of methoxy groups -OCH3 is 2. The summed E-state index contributed by atoms with van der Waals surface area (Å²) in [6.45, 7) is 22.9. The van der Waals surface area contributed by atoms with Crippen LogP contribution in [0.5, 0.6) is 23.0 Å². The van der Waals surface area contributed by atoms with Crippen molar-refractivity contribution in [2.45, 2.75) is 150 Å². The Morgan fingerprint density at radius 3 is 1.44 bits per heavy atom. The summed E-state index contributed by atoms with van der Waals surface area (Å²) in [6, 6.07) is 25.1. The smallest absolute Gasteiger partial charge is 0.411 e. The van der Waals surface area contributed by atoms with Gasteiger partial charge >= 0.3 is 18.0 Å². The molecule has 672 valence electrons. The number of carbonyl (C=O) groups excluding carboxylic acids is 5. The fraction of sp³-hybridized carbons (Fsp3) is 0.447. The molecule has 8 atom stereocenters. The largest absolute Gasteiger partial charge is 0.497 e. The molecule has 12 rings (SSSR count). The van der Waals surface area contributed by atoms with E-state index in [9.17, 15) is 50.4 Å². The second-order valence-corrected chi connectivity index (χ2v) is 36.5. The third-order valence-corrected chi connectivity index (χ3v) is 24.5. The first-order valence-electron chi connectivity index (χ1n) is 40.6. The quantitative estimate of drug-likeness (QED) is 0.0125. The summed E-state index contributed by atoms with van der Waals surface area (Å²) in [5, 5.41) is 45.5. The van der Waals surface area contributed by atoms with E-state index in [0.29, 0.717) is 68.7 Å². The Balaban J connectivity index is 0.000000244. The maximum Gasteiger partial charge on any atom is 0.411 e. The molecule has 2 aliphatic heterocycles. The predicted molar refractivity (Wildman–Crippen MR) is 470 cm³/mol. The van der Waals surface area contributed by atoms with Crippen LogP contribution in [0.25, 0.3) is 44.6 Å². The lowest BCUT2D eigenvalue weighted by molar-refractivity contribution is -0.139. The highest BCUT2D eigenvalue weighted by atomic mass is 32.2. The number of fused-ring (bicyclic) bond motifs is 2. The Morgan fingerprint density at radius 2 is 1.02 bits per heavy atom. The van der Waals surface area contributed by atoms with Gasteiger partial charge in [-0.25, -0.2) is 51.0 Å². The van der Waals surface area contributed by atoms with Crippen LogP contribution >= 0.6 is 22.7 Å². The standard InChI is InChI=1S/C45H57N7O12S2.C40H49N7O10S2/c1-8-28-24-45(28,41(56)51-66(58,59)38-12-10-9-11-32(38)46-16-18-62-20-19-61-17-15-39(53)54)50-40(55)36-22-30(25-52(36)43(57)64-44(4,5)6)63-37-23-34(35-26-65-42(49-35)47-27(2)3)48-33-21-29(60-7)13-14-31(33)37;1-5-25-21-40(25,38(51)47-59(52,53)35-9-7-6-8-29(35)41-13-15-56-17-16-55-14-12-36(48)49)46-37(50)32-19-27(22-42-32)57-34-20-31(33-23-58-39(45-33)43-24(2)3)44-30-18-26(54-4)10-11-28(30)34/h8-14,21,23,26-28,30,36,46H,1,15-20,22,24-25H2,2-7H3,(H,47,49)(H,50,55)(H,51,56)(H,53,54);5-11,18,20,23-25,27,32,41-42H,1,12-17,19,21-22H2,2-4H3,(H,43,45)(H,46,50)(H,47,51)(H,48,49)/t28-,30-,36+,45-;25-,27-,32+,40-/m11/s1. The molecule has 0 bridgehead atoms. The minimum absolute atomic E-state index is 0.00516. The van der Waals surface area contributed by atoms with Crippen LogP contribution in [0.3, 0.4) is 0 Å². The molecule has 4 aromatic heterocycles. The highest BCUT2D eigenvalue weighted by Gasteiger charge is 2.63. The van der Waals surface area contributed by atoms with Gasteiger partial charge in [-0.2, -0.15) is 0 Å². The van der Waals surface area contributed by atoms with Gasteiger partial charge in [0.1, 0.15) is 79.1 Å². The molecule has 0 radical (unpaired) electrons. The number of sulfonamides is 2. The van der Waals surface area contributed by atoms with E-state index in [1.165, 1.54) is 70.1 Å². The molecular weight excluding hydrogens is 1700 g/mol. The number of nitrogens with zero attached hydrogens (tertiary/aromatic N) is 5. The summed E-state index contributed by atoms with van der Waals surface area (Å²) >= 11 is 2.92. The minimum atomic E-state index is -4.50. The molecule has 2 saturated heterocycles. The predicted octanol–water partition coefficient (Wildman–Crippen LogP) is 9.21. The van der Waals surface area contributed by atoms with E-state index in [0.717, 1.165) is 15.6 Å². The first kappa shape index (κ1) is 94.3. The Kier molecular flexibility index (Phi) is 31.7. The maximum atomic E-state index is 14.4. The van der Waals surface area contributed by atoms with Crippen molar-refractivity contribution in [3.05, 3.63) is 133 Å². The molecule has 2 saturated carbocycles. The summed E-state index contributed by atoms with van der Waals surface area (Å²) in [5.74, 6) is -3.87. The minimum Gasteiger partial charge on any atom is -0.497 e. The van der Waals surface area contributed by atoms with Gasteiger partial charge in [0, 0.05) is 102 Å². The van der Waals surface area contributed by atoms with Crippen LogP contribution < -0.4 is 65.6 Å². The number of carbonyl (C=O) groups is 7. The zero-order valence-electron chi connectivity index (χ0n) is 70.7. The lowest BCUT2D eigenvalue weighted by Crippen LogP contribution is -2.56. The lowest BCUT2D eigenvalue weighted by Gasteiger charge is -2.29. The van der Waals surface area contributed by atoms with E-state index >= 15 is 0 Å². The van der Waals surface area contributed by atoms with Crippen LogP contribution in [-0.4, -0.2) is 240 Å². The van der Waals surface area contributed by atoms with E-state index in [2.05, 4.69) is 59.8 Å². The fourth-order valence-corrected chi connectivity index (χ4v) is 18.0. The zero-order chi connectivity index (χ0) is 90.0. The van der Waals surface area contributed by atoms with Gasteiger partial charge in [0.15, 0.2) is 10.3 Å². The van der Waals surface area contributed by atoms with Crippen molar-refractivity contribution in [3.63, 3.8) is 0 Å². The number of nitrogens with one attached hydrogen (secondary N) is 9. The number of pyridine rings is 2. The molecular formula is C85H106N14O22S4. The number of likely N-dealkylation sites (tertiary alicyclic amines) is 1. The van der Waals surface area contributed by atoms with Crippen molar-refractivity contribution in [3.8, 4) is 45.8 Å². The van der Waals surface area contributed by atoms with Crippen molar-refractivity contribution in [2.24, 2.45) is 11.8 Å². The summed E-state index contributed by atoms with van der Waals surface area (Å²) < 4.78 is 110. The monoisotopic (exact) mass is 1800 g/mol. The molecule has 5 amide bonds. The summed E-state index contributed by atoms with van der Waals surface area (Å²) in [4.78, 5) is 111. The Labute approximate surface area is 732 Å². The van der Waals surface area contributed by atoms with Gasteiger partial charge in [0.25, 0.3) is 31.9 Å². The molecule has 4 aliphatic rings. The number of rotatable bonds is 44. The number of carboxylic acids is 2. The second kappa shape index (κ2) is 42.1. The normalized spacial score (nSPS) is 19.6.